The Labute approximate surface area is 254 Å². The normalized spacial score (nSPS) is 37.0. The second-order valence-electron chi connectivity index (χ2n) is 13.5. The lowest BCUT2D eigenvalue weighted by molar-refractivity contribution is -0.337. The van der Waals surface area contributed by atoms with Crippen LogP contribution in [0, 0.1) is 35.5 Å². The third kappa shape index (κ3) is 10.7. The zero-order valence-electron chi connectivity index (χ0n) is 25.4. The molecule has 4 rings (SSSR count). The molecule has 0 saturated heterocycles. The Hall–Kier alpha value is -1.79. The molecule has 4 fully saturated rings. The number of ether oxygens (including phenoxy) is 2. The third-order valence-corrected chi connectivity index (χ3v) is 10.4. The molecule has 0 aliphatic heterocycles. The topological polar surface area (TPSA) is 169 Å². The van der Waals surface area contributed by atoms with Crippen LogP contribution < -0.4 is 0 Å². The fourth-order valence-corrected chi connectivity index (χ4v) is 7.55. The minimum atomic E-state index is -1.04. The zero-order valence-corrected chi connectivity index (χ0v) is 25.4. The molecule has 4 aliphatic carbocycles. The maximum Gasteiger partial charge on any atom is 0.310 e. The van der Waals surface area contributed by atoms with Crippen molar-refractivity contribution in [3.63, 3.8) is 0 Å². The largest absolute Gasteiger partial charge is 0.481 e. The van der Waals surface area contributed by atoms with Gasteiger partial charge in [0.25, 0.3) is 0 Å². The SMILES string of the molecule is O=C(O)C1CC(O)CCC1COOC1CCC(CCOCCC2CCC(OC(=O)C3CCC(O)CC3C(=O)O)CC2)CC1. The number of carbonyl (C=O) groups excluding carboxylic acids is 1. The molecule has 0 aromatic rings. The van der Waals surface area contributed by atoms with E-state index in [1.807, 2.05) is 0 Å². The number of carbonyl (C=O) groups is 3. The molecule has 0 radical (unpaired) electrons. The van der Waals surface area contributed by atoms with Crippen LogP contribution in [0.4, 0.5) is 0 Å². The van der Waals surface area contributed by atoms with Crippen molar-refractivity contribution in [3.8, 4) is 0 Å². The fraction of sp³-hybridized carbons (Fsp3) is 0.906. The van der Waals surface area contributed by atoms with E-state index >= 15 is 0 Å². The van der Waals surface area contributed by atoms with Gasteiger partial charge >= 0.3 is 17.9 Å². The van der Waals surface area contributed by atoms with Crippen molar-refractivity contribution in [1.82, 2.24) is 0 Å². The van der Waals surface area contributed by atoms with E-state index in [2.05, 4.69) is 0 Å². The van der Waals surface area contributed by atoms with Crippen molar-refractivity contribution in [2.75, 3.05) is 19.8 Å². The Bertz CT molecular complexity index is 881. The standard InChI is InChI=1S/C32H52O11/c33-23-6-5-22(28(17-23)30(35)36)19-41-43-26-10-3-21(4-11-26)14-16-40-15-13-20-1-8-25(9-2-20)42-32(39)27-12-7-24(34)18-29(27)31(37)38/h20-29,33-34H,1-19H2,(H,35,36)(H,37,38). The van der Waals surface area contributed by atoms with Gasteiger partial charge in [-0.1, -0.05) is 0 Å². The number of hydrogen-bond donors (Lipinski definition) is 4. The lowest BCUT2D eigenvalue weighted by Gasteiger charge is -2.33. The Morgan fingerprint density at radius 3 is 1.72 bits per heavy atom. The first kappa shape index (κ1) is 34.1. The number of hydrogen-bond acceptors (Lipinski definition) is 9. The van der Waals surface area contributed by atoms with Crippen molar-refractivity contribution in [2.24, 2.45) is 35.5 Å². The van der Waals surface area contributed by atoms with Crippen LogP contribution >= 0.6 is 0 Å². The summed E-state index contributed by atoms with van der Waals surface area (Å²) in [6.45, 7) is 1.72. The molecule has 4 N–H and O–H groups in total. The van der Waals surface area contributed by atoms with Crippen molar-refractivity contribution in [2.45, 2.75) is 127 Å². The maximum absolute atomic E-state index is 12.7. The summed E-state index contributed by atoms with van der Waals surface area (Å²) in [7, 11) is 0. The molecule has 0 aromatic carbocycles. The zero-order chi connectivity index (χ0) is 30.8. The maximum atomic E-state index is 12.7. The van der Waals surface area contributed by atoms with Gasteiger partial charge in [-0.3, -0.25) is 14.4 Å². The molecule has 0 heterocycles. The molecular weight excluding hydrogens is 560 g/mol. The number of aliphatic hydroxyl groups excluding tert-OH is 2. The first-order valence-corrected chi connectivity index (χ1v) is 16.6. The second kappa shape index (κ2) is 17.1. The van der Waals surface area contributed by atoms with Crippen LogP contribution in [0.2, 0.25) is 0 Å². The first-order valence-electron chi connectivity index (χ1n) is 16.6. The Morgan fingerprint density at radius 2 is 1.14 bits per heavy atom. The smallest absolute Gasteiger partial charge is 0.310 e. The highest BCUT2D eigenvalue weighted by Gasteiger charge is 2.41. The molecule has 0 amide bonds. The number of esters is 1. The number of aliphatic hydroxyl groups is 2. The van der Waals surface area contributed by atoms with E-state index in [9.17, 15) is 34.8 Å². The first-order chi connectivity index (χ1) is 20.7. The van der Waals surface area contributed by atoms with Crippen LogP contribution in [0.5, 0.6) is 0 Å². The summed E-state index contributed by atoms with van der Waals surface area (Å²) in [4.78, 5) is 46.8. The monoisotopic (exact) mass is 612 g/mol. The molecule has 6 atom stereocenters. The van der Waals surface area contributed by atoms with Gasteiger partial charge in [0.15, 0.2) is 0 Å². The van der Waals surface area contributed by atoms with E-state index in [1.54, 1.807) is 0 Å². The summed E-state index contributed by atoms with van der Waals surface area (Å²) in [6.07, 6.45) is 10.6. The molecule has 43 heavy (non-hydrogen) atoms. The number of carboxylic acids is 2. The van der Waals surface area contributed by atoms with Crippen molar-refractivity contribution >= 4 is 17.9 Å². The summed E-state index contributed by atoms with van der Waals surface area (Å²) < 4.78 is 11.7. The average molecular weight is 613 g/mol. The number of rotatable bonds is 14. The van der Waals surface area contributed by atoms with Crippen LogP contribution in [0.1, 0.15) is 103 Å². The highest BCUT2D eigenvalue weighted by atomic mass is 17.2. The van der Waals surface area contributed by atoms with Crippen LogP contribution in [-0.4, -0.2) is 82.6 Å². The molecule has 4 aliphatic rings. The van der Waals surface area contributed by atoms with Crippen molar-refractivity contribution in [3.05, 3.63) is 0 Å². The summed E-state index contributed by atoms with van der Waals surface area (Å²) >= 11 is 0. The van der Waals surface area contributed by atoms with Crippen LogP contribution in [0.15, 0.2) is 0 Å². The highest BCUT2D eigenvalue weighted by Crippen LogP contribution is 2.35. The molecule has 6 unspecified atom stereocenters. The predicted molar refractivity (Wildman–Crippen MR) is 154 cm³/mol. The highest BCUT2D eigenvalue weighted by molar-refractivity contribution is 5.81. The third-order valence-electron chi connectivity index (χ3n) is 10.4. The Kier molecular flexibility index (Phi) is 13.5. The summed E-state index contributed by atoms with van der Waals surface area (Å²) in [5.41, 5.74) is 0. The minimum absolute atomic E-state index is 0.0400. The number of aliphatic carboxylic acids is 2. The molecule has 0 aromatic heterocycles. The molecule has 11 heteroatoms. The van der Waals surface area contributed by atoms with Crippen molar-refractivity contribution in [1.29, 1.82) is 0 Å². The molecular formula is C32H52O11. The van der Waals surface area contributed by atoms with Gasteiger partial charge in [0.2, 0.25) is 0 Å². The fourth-order valence-electron chi connectivity index (χ4n) is 7.55. The van der Waals surface area contributed by atoms with Crippen LogP contribution in [0.3, 0.4) is 0 Å². The van der Waals surface area contributed by atoms with E-state index in [0.717, 1.165) is 77.4 Å². The van der Waals surface area contributed by atoms with E-state index in [4.69, 9.17) is 19.2 Å². The van der Waals surface area contributed by atoms with Gasteiger partial charge in [-0.05, 0) is 120 Å². The minimum Gasteiger partial charge on any atom is -0.481 e. The van der Waals surface area contributed by atoms with Gasteiger partial charge in [0.1, 0.15) is 6.10 Å². The quantitative estimate of drug-likeness (QED) is 0.0963. The molecule has 4 saturated carbocycles. The van der Waals surface area contributed by atoms with Crippen molar-refractivity contribution < 1.29 is 54.1 Å². The van der Waals surface area contributed by atoms with Crippen LogP contribution in [-0.2, 0) is 33.6 Å². The van der Waals surface area contributed by atoms with E-state index in [0.29, 0.717) is 37.5 Å². The molecule has 11 nitrogen and oxygen atoms in total. The van der Waals surface area contributed by atoms with Gasteiger partial charge in [-0.25, -0.2) is 9.78 Å². The van der Waals surface area contributed by atoms with Gasteiger partial charge < -0.3 is 29.9 Å². The van der Waals surface area contributed by atoms with Gasteiger partial charge in [-0.15, -0.1) is 0 Å². The summed E-state index contributed by atoms with van der Waals surface area (Å²) in [5.74, 6) is -3.43. The molecule has 0 bridgehead atoms. The van der Waals surface area contributed by atoms with Gasteiger partial charge in [0, 0.05) is 13.2 Å². The van der Waals surface area contributed by atoms with Gasteiger partial charge in [-0.2, -0.15) is 0 Å². The van der Waals surface area contributed by atoms with E-state index in [1.165, 1.54) is 0 Å². The predicted octanol–water partition coefficient (Wildman–Crippen LogP) is 4.12. The summed E-state index contributed by atoms with van der Waals surface area (Å²) in [5, 5.41) is 38.4. The number of carboxylic acid groups (broad SMARTS) is 2. The van der Waals surface area contributed by atoms with Crippen LogP contribution in [0.25, 0.3) is 0 Å². The second-order valence-corrected chi connectivity index (χ2v) is 13.5. The van der Waals surface area contributed by atoms with E-state index < -0.39 is 47.9 Å². The Balaban J connectivity index is 1.00. The summed E-state index contributed by atoms with van der Waals surface area (Å²) in [6, 6.07) is 0. The van der Waals surface area contributed by atoms with Gasteiger partial charge in [0.05, 0.1) is 42.7 Å². The average Bonchev–Trinajstić information content (AvgIpc) is 2.99. The lowest BCUT2D eigenvalue weighted by Crippen LogP contribution is -2.39. The Morgan fingerprint density at radius 1 is 0.605 bits per heavy atom. The van der Waals surface area contributed by atoms with E-state index in [-0.39, 0.29) is 37.6 Å². The molecule has 0 spiro atoms. The lowest BCUT2D eigenvalue weighted by atomic mass is 9.78. The molecule has 246 valence electrons.